The van der Waals surface area contributed by atoms with Gasteiger partial charge in [-0.15, -0.1) is 0 Å². The fourth-order valence-corrected chi connectivity index (χ4v) is 3.61. The number of anilines is 2. The van der Waals surface area contributed by atoms with E-state index >= 15 is 0 Å². The molecular formula is C22H34N6O2. The average molecular weight is 415 g/mol. The molecule has 30 heavy (non-hydrogen) atoms. The van der Waals surface area contributed by atoms with Gasteiger partial charge in [0.15, 0.2) is 0 Å². The molecule has 3 heterocycles. The first kappa shape index (κ1) is 22.4. The third kappa shape index (κ3) is 6.91. The van der Waals surface area contributed by atoms with Gasteiger partial charge in [0, 0.05) is 39.3 Å². The summed E-state index contributed by atoms with van der Waals surface area (Å²) in [6.45, 7) is 7.16. The zero-order valence-electron chi connectivity index (χ0n) is 17.6. The van der Waals surface area contributed by atoms with Crippen molar-refractivity contribution in [1.82, 2.24) is 20.6 Å². The van der Waals surface area contributed by atoms with Crippen molar-refractivity contribution in [2.75, 3.05) is 62.2 Å². The maximum Gasteiger partial charge on any atom is 0.128 e. The summed E-state index contributed by atoms with van der Waals surface area (Å²) in [4.78, 5) is 13.7. The highest BCUT2D eigenvalue weighted by Crippen LogP contribution is 2.13. The smallest absolute Gasteiger partial charge is 0.128 e. The summed E-state index contributed by atoms with van der Waals surface area (Å²) in [5.41, 5.74) is 1.41. The molecule has 0 saturated carbocycles. The molecule has 0 aromatic carbocycles. The molecule has 0 aliphatic carbocycles. The SMILES string of the molecule is OCc1cccc(N2CCCNCCN(c3cccc(CO)n3)CCCNCC2)n1. The quantitative estimate of drug-likeness (QED) is 0.582. The lowest BCUT2D eigenvalue weighted by atomic mass is 10.3. The van der Waals surface area contributed by atoms with Crippen LogP contribution in [0.5, 0.6) is 0 Å². The van der Waals surface area contributed by atoms with Crippen LogP contribution in [0.2, 0.25) is 0 Å². The Morgan fingerprint density at radius 1 is 0.667 bits per heavy atom. The van der Waals surface area contributed by atoms with E-state index in [9.17, 15) is 10.2 Å². The van der Waals surface area contributed by atoms with Crippen molar-refractivity contribution in [2.24, 2.45) is 0 Å². The van der Waals surface area contributed by atoms with Gasteiger partial charge in [0.2, 0.25) is 0 Å². The summed E-state index contributed by atoms with van der Waals surface area (Å²) in [7, 11) is 0. The molecule has 1 fully saturated rings. The van der Waals surface area contributed by atoms with Gasteiger partial charge >= 0.3 is 0 Å². The minimum atomic E-state index is -0.0337. The standard InChI is InChI=1S/C22H34N6O2/c29-17-19-5-1-7-21(25-19)27-13-3-9-24-12-16-28(14-4-10-23-11-15-27)22-8-2-6-20(18-30)26-22/h1-2,5-8,23-24,29-30H,3-4,9-18H2. The number of hydrogen-bond acceptors (Lipinski definition) is 8. The van der Waals surface area contributed by atoms with Gasteiger partial charge < -0.3 is 30.6 Å². The number of aliphatic hydroxyl groups is 2. The molecule has 164 valence electrons. The third-order valence-corrected chi connectivity index (χ3v) is 5.24. The van der Waals surface area contributed by atoms with E-state index in [1.807, 2.05) is 36.4 Å². The first-order valence-corrected chi connectivity index (χ1v) is 10.8. The summed E-state index contributed by atoms with van der Waals surface area (Å²) in [6, 6.07) is 11.6. The van der Waals surface area contributed by atoms with Crippen LogP contribution >= 0.6 is 0 Å². The van der Waals surface area contributed by atoms with E-state index in [-0.39, 0.29) is 13.2 Å². The molecule has 1 aliphatic rings. The van der Waals surface area contributed by atoms with Crippen LogP contribution in [0.3, 0.4) is 0 Å². The molecule has 3 rings (SSSR count). The lowest BCUT2D eigenvalue weighted by Crippen LogP contribution is -2.39. The van der Waals surface area contributed by atoms with Crippen molar-refractivity contribution < 1.29 is 10.2 Å². The third-order valence-electron chi connectivity index (χ3n) is 5.24. The van der Waals surface area contributed by atoms with Crippen LogP contribution in [0, 0.1) is 0 Å². The Kier molecular flexibility index (Phi) is 9.30. The molecule has 0 unspecified atom stereocenters. The van der Waals surface area contributed by atoms with E-state index in [0.717, 1.165) is 76.8 Å². The predicted molar refractivity (Wildman–Crippen MR) is 120 cm³/mol. The Labute approximate surface area is 179 Å². The molecule has 0 atom stereocenters. The molecular weight excluding hydrogens is 380 g/mol. The number of aromatic nitrogens is 2. The minimum Gasteiger partial charge on any atom is -0.390 e. The summed E-state index contributed by atoms with van der Waals surface area (Å²) in [5.74, 6) is 1.85. The first-order chi connectivity index (χ1) is 14.8. The fraction of sp³-hybridized carbons (Fsp3) is 0.545. The number of aliphatic hydroxyl groups excluding tert-OH is 2. The monoisotopic (exact) mass is 414 g/mol. The summed E-state index contributed by atoms with van der Waals surface area (Å²) < 4.78 is 0. The van der Waals surface area contributed by atoms with Gasteiger partial charge in [0.25, 0.3) is 0 Å². The average Bonchev–Trinajstić information content (AvgIpc) is 2.80. The predicted octanol–water partition coefficient (Wildman–Crippen LogP) is 0.747. The van der Waals surface area contributed by atoms with Crippen LogP contribution < -0.4 is 20.4 Å². The summed E-state index contributed by atoms with van der Waals surface area (Å²) >= 11 is 0. The molecule has 0 spiro atoms. The van der Waals surface area contributed by atoms with Gasteiger partial charge in [-0.25, -0.2) is 9.97 Å². The van der Waals surface area contributed by atoms with Gasteiger partial charge in [-0.05, 0) is 50.2 Å². The molecule has 2 aromatic rings. The zero-order valence-corrected chi connectivity index (χ0v) is 17.6. The van der Waals surface area contributed by atoms with E-state index in [4.69, 9.17) is 0 Å². The minimum absolute atomic E-state index is 0.0337. The lowest BCUT2D eigenvalue weighted by Gasteiger charge is -2.27. The van der Waals surface area contributed by atoms with Crippen LogP contribution in [0.4, 0.5) is 11.6 Å². The zero-order chi connectivity index (χ0) is 21.0. The first-order valence-electron chi connectivity index (χ1n) is 10.8. The summed E-state index contributed by atoms with van der Waals surface area (Å²) in [5, 5.41) is 25.8. The molecule has 8 heteroatoms. The van der Waals surface area contributed by atoms with Gasteiger partial charge in [0.05, 0.1) is 24.6 Å². The number of nitrogens with one attached hydrogen (secondary N) is 2. The Morgan fingerprint density at radius 3 is 1.57 bits per heavy atom. The number of hydrogen-bond donors (Lipinski definition) is 4. The topological polar surface area (TPSA) is 96.8 Å². The highest BCUT2D eigenvalue weighted by molar-refractivity contribution is 5.40. The van der Waals surface area contributed by atoms with Crippen molar-refractivity contribution in [1.29, 1.82) is 0 Å². The van der Waals surface area contributed by atoms with Gasteiger partial charge in [-0.2, -0.15) is 0 Å². The molecule has 1 aliphatic heterocycles. The Bertz CT molecular complexity index is 680. The van der Waals surface area contributed by atoms with Crippen molar-refractivity contribution >= 4 is 11.6 Å². The van der Waals surface area contributed by atoms with E-state index in [1.165, 1.54) is 0 Å². The van der Waals surface area contributed by atoms with E-state index in [1.54, 1.807) is 0 Å². The molecule has 0 amide bonds. The van der Waals surface area contributed by atoms with Crippen LogP contribution in [0.1, 0.15) is 24.2 Å². The summed E-state index contributed by atoms with van der Waals surface area (Å²) in [6.07, 6.45) is 2.03. The maximum absolute atomic E-state index is 9.38. The van der Waals surface area contributed by atoms with Gasteiger partial charge in [-0.1, -0.05) is 12.1 Å². The number of pyridine rings is 2. The highest BCUT2D eigenvalue weighted by atomic mass is 16.3. The molecule has 8 nitrogen and oxygen atoms in total. The number of rotatable bonds is 4. The number of nitrogens with zero attached hydrogens (tertiary/aromatic N) is 4. The van der Waals surface area contributed by atoms with Crippen LogP contribution in [-0.4, -0.2) is 72.5 Å². The largest absolute Gasteiger partial charge is 0.390 e. The van der Waals surface area contributed by atoms with Gasteiger partial charge in [-0.3, -0.25) is 0 Å². The second kappa shape index (κ2) is 12.4. The van der Waals surface area contributed by atoms with Crippen molar-refractivity contribution in [3.63, 3.8) is 0 Å². The Balaban J connectivity index is 1.57. The lowest BCUT2D eigenvalue weighted by molar-refractivity contribution is 0.276. The normalized spacial score (nSPS) is 17.5. The van der Waals surface area contributed by atoms with Crippen LogP contribution in [0.25, 0.3) is 0 Å². The highest BCUT2D eigenvalue weighted by Gasteiger charge is 2.11. The molecule has 4 N–H and O–H groups in total. The van der Waals surface area contributed by atoms with Crippen molar-refractivity contribution in [2.45, 2.75) is 26.1 Å². The van der Waals surface area contributed by atoms with E-state index in [2.05, 4.69) is 30.4 Å². The van der Waals surface area contributed by atoms with Crippen LogP contribution in [-0.2, 0) is 13.2 Å². The Hall–Kier alpha value is -2.26. The second-order valence-corrected chi connectivity index (χ2v) is 7.47. The Morgan fingerprint density at radius 2 is 1.13 bits per heavy atom. The van der Waals surface area contributed by atoms with Crippen LogP contribution in [0.15, 0.2) is 36.4 Å². The fourth-order valence-electron chi connectivity index (χ4n) is 3.61. The second-order valence-electron chi connectivity index (χ2n) is 7.47. The van der Waals surface area contributed by atoms with E-state index < -0.39 is 0 Å². The maximum atomic E-state index is 9.38. The molecule has 2 aromatic heterocycles. The molecule has 1 saturated heterocycles. The molecule has 0 radical (unpaired) electrons. The van der Waals surface area contributed by atoms with Gasteiger partial charge in [0.1, 0.15) is 11.6 Å². The molecule has 0 bridgehead atoms. The van der Waals surface area contributed by atoms with Crippen molar-refractivity contribution in [3.8, 4) is 0 Å². The van der Waals surface area contributed by atoms with E-state index in [0.29, 0.717) is 11.4 Å². The van der Waals surface area contributed by atoms with Crippen molar-refractivity contribution in [3.05, 3.63) is 47.8 Å².